The molecule has 2 amide bonds. The summed E-state index contributed by atoms with van der Waals surface area (Å²) in [6.45, 7) is 1.96. The molecule has 27 heavy (non-hydrogen) atoms. The van der Waals surface area contributed by atoms with Crippen molar-refractivity contribution in [3.8, 4) is 11.5 Å². The van der Waals surface area contributed by atoms with Gasteiger partial charge < -0.3 is 14.8 Å². The van der Waals surface area contributed by atoms with Crippen LogP contribution in [0, 0.1) is 10.1 Å². The lowest BCUT2D eigenvalue weighted by molar-refractivity contribution is -0.385. The summed E-state index contributed by atoms with van der Waals surface area (Å²) < 4.78 is 10.4. The third kappa shape index (κ3) is 5.58. The van der Waals surface area contributed by atoms with Crippen LogP contribution < -0.4 is 20.2 Å². The molecule has 2 N–H and O–H groups in total. The molecule has 0 radical (unpaired) electrons. The molecule has 0 spiro atoms. The predicted molar refractivity (Wildman–Crippen MR) is 102 cm³/mol. The summed E-state index contributed by atoms with van der Waals surface area (Å²) in [5.74, 6) is 0.227. The average Bonchev–Trinajstić information content (AvgIpc) is 2.62. The number of rotatable bonds is 7. The smallest absolute Gasteiger partial charge is 0.339 e. The summed E-state index contributed by atoms with van der Waals surface area (Å²) in [6.07, 6.45) is 1.25. The van der Waals surface area contributed by atoms with Crippen LogP contribution in [-0.4, -0.2) is 30.9 Å². The van der Waals surface area contributed by atoms with Crippen molar-refractivity contribution in [2.24, 2.45) is 5.10 Å². The Kier molecular flexibility index (Phi) is 6.95. The summed E-state index contributed by atoms with van der Waals surface area (Å²) in [7, 11) is 1.37. The first-order valence-electron chi connectivity index (χ1n) is 7.79. The Hall–Kier alpha value is -3.33. The zero-order valence-corrected chi connectivity index (χ0v) is 15.3. The third-order valence-electron chi connectivity index (χ3n) is 3.23. The van der Waals surface area contributed by atoms with Gasteiger partial charge in [-0.3, -0.25) is 10.1 Å². The number of benzene rings is 2. The quantitative estimate of drug-likeness (QED) is 0.422. The minimum Gasteiger partial charge on any atom is -0.493 e. The van der Waals surface area contributed by atoms with E-state index in [1.165, 1.54) is 25.5 Å². The van der Waals surface area contributed by atoms with Gasteiger partial charge in [-0.1, -0.05) is 17.7 Å². The average molecular weight is 393 g/mol. The zero-order valence-electron chi connectivity index (χ0n) is 14.6. The van der Waals surface area contributed by atoms with E-state index in [9.17, 15) is 14.9 Å². The fraction of sp³-hybridized carbons (Fsp3) is 0.176. The van der Waals surface area contributed by atoms with E-state index in [1.807, 2.05) is 0 Å². The van der Waals surface area contributed by atoms with Crippen LogP contribution in [-0.2, 0) is 0 Å². The first-order chi connectivity index (χ1) is 12.9. The molecular weight excluding hydrogens is 376 g/mol. The topological polar surface area (TPSA) is 115 Å². The van der Waals surface area contributed by atoms with Gasteiger partial charge in [0, 0.05) is 22.3 Å². The van der Waals surface area contributed by atoms with Gasteiger partial charge in [0.15, 0.2) is 5.75 Å². The number of hydrogen-bond acceptors (Lipinski definition) is 6. The fourth-order valence-electron chi connectivity index (χ4n) is 2.15. The number of nitro groups is 1. The first kappa shape index (κ1) is 20.0. The normalized spacial score (nSPS) is 10.5. The largest absolute Gasteiger partial charge is 0.493 e. The highest BCUT2D eigenvalue weighted by Gasteiger charge is 2.21. The second-order valence-corrected chi connectivity index (χ2v) is 5.53. The molecule has 0 fully saturated rings. The molecule has 0 unspecified atom stereocenters. The van der Waals surface area contributed by atoms with Gasteiger partial charge >= 0.3 is 11.7 Å². The minimum absolute atomic E-state index is 0.0359. The number of nitrogens with one attached hydrogen (secondary N) is 2. The monoisotopic (exact) mass is 392 g/mol. The molecule has 9 nitrogen and oxygen atoms in total. The van der Waals surface area contributed by atoms with Gasteiger partial charge in [-0.2, -0.15) is 5.10 Å². The molecule has 0 aliphatic carbocycles. The summed E-state index contributed by atoms with van der Waals surface area (Å²) in [4.78, 5) is 22.5. The van der Waals surface area contributed by atoms with Crippen molar-refractivity contribution in [2.45, 2.75) is 6.92 Å². The Bertz CT molecular complexity index is 872. The molecule has 0 bridgehead atoms. The van der Waals surface area contributed by atoms with Crippen molar-refractivity contribution in [1.29, 1.82) is 0 Å². The maximum atomic E-state index is 11.8. The maximum Gasteiger partial charge on any atom is 0.339 e. The Balaban J connectivity index is 2.12. The first-order valence-corrected chi connectivity index (χ1v) is 8.17. The standard InChI is InChI=1S/C17H17ClN4O5/c1-3-27-16-14(22(24)25)7-11(8-15(16)26-2)10-19-21-17(23)20-13-6-4-5-12(18)9-13/h4-10H,3H2,1-2H3,(H2,20,21,23)/b19-10-. The Labute approximate surface area is 160 Å². The van der Waals surface area contributed by atoms with Crippen molar-refractivity contribution in [3.63, 3.8) is 0 Å². The number of hydrazone groups is 1. The zero-order chi connectivity index (χ0) is 19.8. The van der Waals surface area contributed by atoms with Crippen molar-refractivity contribution < 1.29 is 19.2 Å². The number of hydrogen-bond donors (Lipinski definition) is 2. The molecule has 0 aromatic heterocycles. The molecule has 0 aliphatic heterocycles. The number of nitrogens with zero attached hydrogens (tertiary/aromatic N) is 2. The van der Waals surface area contributed by atoms with Gasteiger partial charge in [0.05, 0.1) is 24.9 Å². The number of amides is 2. The maximum absolute atomic E-state index is 11.8. The van der Waals surface area contributed by atoms with Crippen LogP contribution in [0.5, 0.6) is 11.5 Å². The Morgan fingerprint density at radius 3 is 2.78 bits per heavy atom. The SMILES string of the molecule is CCOc1c(OC)cc(/C=N\NC(=O)Nc2cccc(Cl)c2)cc1[N+](=O)[O-]. The van der Waals surface area contributed by atoms with E-state index in [0.717, 1.165) is 0 Å². The lowest BCUT2D eigenvalue weighted by Crippen LogP contribution is -2.24. The number of carbonyl (C=O) groups is 1. The van der Waals surface area contributed by atoms with E-state index in [-0.39, 0.29) is 23.8 Å². The molecule has 142 valence electrons. The number of halogens is 1. The van der Waals surface area contributed by atoms with Gasteiger partial charge in [0.25, 0.3) is 0 Å². The number of nitro benzene ring substituents is 1. The second-order valence-electron chi connectivity index (χ2n) is 5.10. The highest BCUT2D eigenvalue weighted by atomic mass is 35.5. The summed E-state index contributed by atoms with van der Waals surface area (Å²) in [6, 6.07) is 8.79. The van der Waals surface area contributed by atoms with Gasteiger partial charge in [0.2, 0.25) is 5.75 Å². The van der Waals surface area contributed by atoms with Crippen molar-refractivity contribution in [2.75, 3.05) is 19.0 Å². The Morgan fingerprint density at radius 2 is 2.15 bits per heavy atom. The van der Waals surface area contributed by atoms with E-state index < -0.39 is 11.0 Å². The minimum atomic E-state index is -0.596. The van der Waals surface area contributed by atoms with Crippen molar-refractivity contribution in [1.82, 2.24) is 5.43 Å². The van der Waals surface area contributed by atoms with Crippen LogP contribution in [0.4, 0.5) is 16.2 Å². The third-order valence-corrected chi connectivity index (χ3v) is 3.46. The number of methoxy groups -OCH3 is 1. The molecule has 2 rings (SSSR count). The summed E-state index contributed by atoms with van der Waals surface area (Å²) >= 11 is 5.84. The van der Waals surface area contributed by atoms with Crippen LogP contribution in [0.15, 0.2) is 41.5 Å². The Morgan fingerprint density at radius 1 is 1.37 bits per heavy atom. The van der Waals surface area contributed by atoms with Crippen molar-refractivity contribution >= 4 is 35.2 Å². The van der Waals surface area contributed by atoms with Crippen LogP contribution in [0.1, 0.15) is 12.5 Å². The molecule has 2 aromatic carbocycles. The van der Waals surface area contributed by atoms with E-state index in [1.54, 1.807) is 31.2 Å². The number of ether oxygens (including phenoxy) is 2. The molecule has 0 heterocycles. The highest BCUT2D eigenvalue weighted by molar-refractivity contribution is 6.30. The van der Waals surface area contributed by atoms with E-state index >= 15 is 0 Å². The van der Waals surface area contributed by atoms with E-state index in [0.29, 0.717) is 16.3 Å². The van der Waals surface area contributed by atoms with Gasteiger partial charge in [-0.05, 0) is 31.2 Å². The van der Waals surface area contributed by atoms with Crippen LogP contribution in [0.3, 0.4) is 0 Å². The fourth-order valence-corrected chi connectivity index (χ4v) is 2.34. The molecule has 10 heteroatoms. The van der Waals surface area contributed by atoms with Crippen molar-refractivity contribution in [3.05, 3.63) is 57.1 Å². The lowest BCUT2D eigenvalue weighted by Gasteiger charge is -2.10. The summed E-state index contributed by atoms with van der Waals surface area (Å²) in [5, 5.41) is 18.1. The lowest BCUT2D eigenvalue weighted by atomic mass is 10.2. The van der Waals surface area contributed by atoms with E-state index in [4.69, 9.17) is 21.1 Å². The molecule has 0 saturated carbocycles. The van der Waals surface area contributed by atoms with Gasteiger partial charge in [-0.15, -0.1) is 0 Å². The molecule has 2 aromatic rings. The summed E-state index contributed by atoms with van der Waals surface area (Å²) in [5.41, 5.74) is 2.84. The van der Waals surface area contributed by atoms with E-state index in [2.05, 4.69) is 15.8 Å². The number of urea groups is 1. The predicted octanol–water partition coefficient (Wildman–Crippen LogP) is 3.81. The van der Waals surface area contributed by atoms with Gasteiger partial charge in [0.1, 0.15) is 0 Å². The number of carbonyl (C=O) groups excluding carboxylic acids is 1. The molecule has 0 aliphatic rings. The van der Waals surface area contributed by atoms with Crippen LogP contribution >= 0.6 is 11.6 Å². The molecular formula is C17H17ClN4O5. The van der Waals surface area contributed by atoms with Gasteiger partial charge in [-0.25, -0.2) is 10.2 Å². The number of anilines is 1. The van der Waals surface area contributed by atoms with Crippen LogP contribution in [0.25, 0.3) is 0 Å². The van der Waals surface area contributed by atoms with Crippen LogP contribution in [0.2, 0.25) is 5.02 Å². The second kappa shape index (κ2) is 9.39. The molecule has 0 saturated heterocycles. The molecule has 0 atom stereocenters. The highest BCUT2D eigenvalue weighted by Crippen LogP contribution is 2.37.